The predicted octanol–water partition coefficient (Wildman–Crippen LogP) is 4.08. The van der Waals surface area contributed by atoms with Gasteiger partial charge in [0.05, 0.1) is 10.7 Å². The first-order chi connectivity index (χ1) is 11.2. The average Bonchev–Trinajstić information content (AvgIpc) is 3.01. The minimum atomic E-state index is 0.00780. The van der Waals surface area contributed by atoms with Crippen LogP contribution in [0.3, 0.4) is 0 Å². The molecular weight excluding hydrogens is 306 g/mol. The smallest absolute Gasteiger partial charge is 0.224 e. The van der Waals surface area contributed by atoms with Crippen molar-refractivity contribution >= 4 is 22.9 Å². The van der Waals surface area contributed by atoms with Gasteiger partial charge in [0.2, 0.25) is 5.91 Å². The first-order valence-corrected chi connectivity index (χ1v) is 8.30. The number of aromatic nitrogens is 2. The molecule has 1 N–H and O–H groups in total. The molecule has 116 valence electrons. The van der Waals surface area contributed by atoms with E-state index in [1.165, 1.54) is 0 Å². The van der Waals surface area contributed by atoms with Gasteiger partial charge in [-0.3, -0.25) is 9.78 Å². The molecule has 3 aromatic rings. The summed E-state index contributed by atoms with van der Waals surface area (Å²) >= 11 is 1.62. The SMILES string of the molecule is Cc1nc(-c2cccc(NC(=O)CCc3ccncc3)c2)cs1. The van der Waals surface area contributed by atoms with Gasteiger partial charge in [0.1, 0.15) is 0 Å². The van der Waals surface area contributed by atoms with Crippen molar-refractivity contribution in [3.63, 3.8) is 0 Å². The van der Waals surface area contributed by atoms with E-state index in [-0.39, 0.29) is 5.91 Å². The van der Waals surface area contributed by atoms with Gasteiger partial charge in [-0.05, 0) is 43.2 Å². The van der Waals surface area contributed by atoms with E-state index >= 15 is 0 Å². The molecule has 0 unspecified atom stereocenters. The number of pyridine rings is 1. The summed E-state index contributed by atoms with van der Waals surface area (Å²) in [5.41, 5.74) is 3.87. The molecule has 0 saturated heterocycles. The zero-order valence-corrected chi connectivity index (χ0v) is 13.6. The number of benzene rings is 1. The van der Waals surface area contributed by atoms with Crippen molar-refractivity contribution in [1.29, 1.82) is 0 Å². The number of hydrogen-bond donors (Lipinski definition) is 1. The summed E-state index contributed by atoms with van der Waals surface area (Å²) in [4.78, 5) is 20.5. The van der Waals surface area contributed by atoms with Crippen molar-refractivity contribution < 1.29 is 4.79 Å². The van der Waals surface area contributed by atoms with Gasteiger partial charge in [-0.2, -0.15) is 0 Å². The molecule has 0 spiro atoms. The van der Waals surface area contributed by atoms with Crippen molar-refractivity contribution in [2.45, 2.75) is 19.8 Å². The number of thiazole rings is 1. The molecule has 1 aromatic carbocycles. The molecule has 0 aliphatic rings. The second-order valence-electron chi connectivity index (χ2n) is 5.24. The highest BCUT2D eigenvalue weighted by Gasteiger charge is 2.06. The van der Waals surface area contributed by atoms with Crippen LogP contribution in [0.2, 0.25) is 0 Å². The number of hydrogen-bond acceptors (Lipinski definition) is 4. The molecule has 0 radical (unpaired) electrons. The highest BCUT2D eigenvalue weighted by molar-refractivity contribution is 7.09. The Bertz CT molecular complexity index is 799. The lowest BCUT2D eigenvalue weighted by Crippen LogP contribution is -2.12. The van der Waals surface area contributed by atoms with Gasteiger partial charge >= 0.3 is 0 Å². The standard InChI is InChI=1S/C18H17N3OS/c1-13-20-17(12-23-13)15-3-2-4-16(11-15)21-18(22)6-5-14-7-9-19-10-8-14/h2-4,7-12H,5-6H2,1H3,(H,21,22). The fraction of sp³-hybridized carbons (Fsp3) is 0.167. The molecule has 0 bridgehead atoms. The molecule has 0 saturated carbocycles. The van der Waals surface area contributed by atoms with E-state index in [1.54, 1.807) is 23.7 Å². The Morgan fingerprint density at radius 2 is 2.04 bits per heavy atom. The lowest BCUT2D eigenvalue weighted by molar-refractivity contribution is -0.116. The van der Waals surface area contributed by atoms with Crippen molar-refractivity contribution in [3.05, 3.63) is 64.7 Å². The van der Waals surface area contributed by atoms with Gasteiger partial charge in [0.25, 0.3) is 0 Å². The summed E-state index contributed by atoms with van der Waals surface area (Å²) in [6.45, 7) is 1.99. The average molecular weight is 323 g/mol. The van der Waals surface area contributed by atoms with E-state index in [0.717, 1.165) is 27.5 Å². The quantitative estimate of drug-likeness (QED) is 0.769. The van der Waals surface area contributed by atoms with Crippen LogP contribution in [0.25, 0.3) is 11.3 Å². The number of amides is 1. The predicted molar refractivity (Wildman–Crippen MR) is 93.5 cm³/mol. The van der Waals surface area contributed by atoms with Crippen molar-refractivity contribution in [2.75, 3.05) is 5.32 Å². The zero-order valence-electron chi connectivity index (χ0n) is 12.8. The van der Waals surface area contributed by atoms with E-state index in [1.807, 2.05) is 48.7 Å². The zero-order chi connectivity index (χ0) is 16.1. The lowest BCUT2D eigenvalue weighted by atomic mass is 10.1. The number of carbonyl (C=O) groups is 1. The van der Waals surface area contributed by atoms with Crippen molar-refractivity contribution in [3.8, 4) is 11.3 Å². The van der Waals surface area contributed by atoms with Crippen molar-refractivity contribution in [2.24, 2.45) is 0 Å². The van der Waals surface area contributed by atoms with Crippen LogP contribution in [0, 0.1) is 6.92 Å². The Hall–Kier alpha value is -2.53. The fourth-order valence-electron chi connectivity index (χ4n) is 2.28. The van der Waals surface area contributed by atoms with Gasteiger partial charge in [-0.15, -0.1) is 11.3 Å². The molecule has 23 heavy (non-hydrogen) atoms. The largest absolute Gasteiger partial charge is 0.326 e. The Morgan fingerprint density at radius 1 is 1.22 bits per heavy atom. The van der Waals surface area contributed by atoms with Crippen LogP contribution < -0.4 is 5.32 Å². The molecule has 5 heteroatoms. The third-order valence-electron chi connectivity index (χ3n) is 3.45. The van der Waals surface area contributed by atoms with E-state index in [4.69, 9.17) is 0 Å². The molecule has 2 heterocycles. The van der Waals surface area contributed by atoms with Crippen molar-refractivity contribution in [1.82, 2.24) is 9.97 Å². The third kappa shape index (κ3) is 4.23. The fourth-order valence-corrected chi connectivity index (χ4v) is 2.91. The third-order valence-corrected chi connectivity index (χ3v) is 4.22. The van der Waals surface area contributed by atoms with Gasteiger partial charge in [-0.25, -0.2) is 4.98 Å². The van der Waals surface area contributed by atoms with Crippen LogP contribution in [0.1, 0.15) is 17.0 Å². The van der Waals surface area contributed by atoms with E-state index in [0.29, 0.717) is 12.8 Å². The van der Waals surface area contributed by atoms with Gasteiger partial charge < -0.3 is 5.32 Å². The monoisotopic (exact) mass is 323 g/mol. The summed E-state index contributed by atoms with van der Waals surface area (Å²) in [6.07, 6.45) is 4.64. The normalized spacial score (nSPS) is 10.5. The molecule has 0 aliphatic carbocycles. The summed E-state index contributed by atoms with van der Waals surface area (Å²) in [5.74, 6) is 0.00780. The number of nitrogens with zero attached hydrogens (tertiary/aromatic N) is 2. The second-order valence-corrected chi connectivity index (χ2v) is 6.30. The Kier molecular flexibility index (Phi) is 4.78. The molecule has 4 nitrogen and oxygen atoms in total. The highest BCUT2D eigenvalue weighted by atomic mass is 32.1. The number of aryl methyl sites for hydroxylation is 2. The minimum Gasteiger partial charge on any atom is -0.326 e. The van der Waals surface area contributed by atoms with E-state index < -0.39 is 0 Å². The number of rotatable bonds is 5. The van der Waals surface area contributed by atoms with Gasteiger partial charge in [0, 0.05) is 35.4 Å². The topological polar surface area (TPSA) is 54.9 Å². The Labute approximate surface area is 139 Å². The number of carbonyl (C=O) groups excluding carboxylic acids is 1. The van der Waals surface area contributed by atoms with Crippen LogP contribution in [0.5, 0.6) is 0 Å². The number of nitrogens with one attached hydrogen (secondary N) is 1. The Balaban J connectivity index is 1.62. The van der Waals surface area contributed by atoms with Gasteiger partial charge in [0.15, 0.2) is 0 Å². The van der Waals surface area contributed by atoms with Crippen LogP contribution in [0.4, 0.5) is 5.69 Å². The molecular formula is C18H17N3OS. The minimum absolute atomic E-state index is 0.00780. The maximum atomic E-state index is 12.1. The molecule has 0 atom stereocenters. The molecule has 2 aromatic heterocycles. The summed E-state index contributed by atoms with van der Waals surface area (Å²) in [7, 11) is 0. The summed E-state index contributed by atoms with van der Waals surface area (Å²) in [6, 6.07) is 11.6. The molecule has 1 amide bonds. The van der Waals surface area contributed by atoms with Crippen LogP contribution in [-0.2, 0) is 11.2 Å². The van der Waals surface area contributed by atoms with Gasteiger partial charge in [-0.1, -0.05) is 12.1 Å². The van der Waals surface area contributed by atoms with E-state index in [9.17, 15) is 4.79 Å². The van der Waals surface area contributed by atoms with E-state index in [2.05, 4.69) is 15.3 Å². The summed E-state index contributed by atoms with van der Waals surface area (Å²) in [5, 5.41) is 6.01. The molecule has 0 fully saturated rings. The summed E-state index contributed by atoms with van der Waals surface area (Å²) < 4.78 is 0. The highest BCUT2D eigenvalue weighted by Crippen LogP contribution is 2.24. The Morgan fingerprint density at radius 3 is 2.78 bits per heavy atom. The molecule has 3 rings (SSSR count). The van der Waals surface area contributed by atoms with Crippen LogP contribution in [-0.4, -0.2) is 15.9 Å². The maximum absolute atomic E-state index is 12.1. The van der Waals surface area contributed by atoms with Crippen LogP contribution >= 0.6 is 11.3 Å². The maximum Gasteiger partial charge on any atom is 0.224 e. The number of anilines is 1. The first-order valence-electron chi connectivity index (χ1n) is 7.42. The first kappa shape index (κ1) is 15.4. The lowest BCUT2D eigenvalue weighted by Gasteiger charge is -2.07. The van der Waals surface area contributed by atoms with Crippen LogP contribution in [0.15, 0.2) is 54.2 Å². The second kappa shape index (κ2) is 7.15. The molecule has 0 aliphatic heterocycles.